The lowest BCUT2D eigenvalue weighted by Gasteiger charge is -2.24. The highest BCUT2D eigenvalue weighted by atomic mass is 16.5. The average molecular weight is 310 g/mol. The first kappa shape index (κ1) is 15.6. The van der Waals surface area contributed by atoms with Crippen LogP contribution in [0.5, 0.6) is 5.75 Å². The van der Waals surface area contributed by atoms with Crippen LogP contribution in [-0.2, 0) is 4.79 Å². The van der Waals surface area contributed by atoms with Crippen molar-refractivity contribution in [2.45, 2.75) is 18.9 Å². The Labute approximate surface area is 137 Å². The van der Waals surface area contributed by atoms with Crippen molar-refractivity contribution in [3.63, 3.8) is 0 Å². The lowest BCUT2D eigenvalue weighted by atomic mass is 10.0. The number of fused-ring (bicyclic) bond motifs is 1. The molecule has 1 heterocycles. The first-order chi connectivity index (χ1) is 11.3. The Bertz CT molecular complexity index is 657. The van der Waals surface area contributed by atoms with Crippen LogP contribution in [0.4, 0.5) is 5.69 Å². The predicted octanol–water partition coefficient (Wildman–Crippen LogP) is 3.15. The van der Waals surface area contributed by atoms with E-state index in [-0.39, 0.29) is 11.9 Å². The highest BCUT2D eigenvalue weighted by molar-refractivity contribution is 5.95. The Morgan fingerprint density at radius 3 is 2.70 bits per heavy atom. The molecule has 0 aliphatic carbocycles. The molecule has 0 spiro atoms. The van der Waals surface area contributed by atoms with Crippen LogP contribution in [0.15, 0.2) is 54.6 Å². The lowest BCUT2D eigenvalue weighted by Crippen LogP contribution is -2.34. The van der Waals surface area contributed by atoms with Gasteiger partial charge in [-0.1, -0.05) is 42.5 Å². The third-order valence-corrected chi connectivity index (χ3v) is 4.17. The summed E-state index contributed by atoms with van der Waals surface area (Å²) in [5.74, 6) is 0.908. The standard InChI is InChI=1S/C19H22N2O2/c1-20-16(15-8-3-2-4-9-15)14-19(22)21-12-7-13-23-18-11-6-5-10-17(18)21/h2-6,8-11,16,20H,7,12-14H2,1H3/t16-/m0/s1. The summed E-state index contributed by atoms with van der Waals surface area (Å²) in [6, 6.07) is 17.9. The van der Waals surface area contributed by atoms with Gasteiger partial charge in [0.15, 0.2) is 0 Å². The Kier molecular flexibility index (Phi) is 4.93. The number of nitrogens with zero attached hydrogens (tertiary/aromatic N) is 1. The van der Waals surface area contributed by atoms with Gasteiger partial charge in [-0.2, -0.15) is 0 Å². The maximum absolute atomic E-state index is 12.9. The molecule has 23 heavy (non-hydrogen) atoms. The number of para-hydroxylation sites is 2. The van der Waals surface area contributed by atoms with Crippen molar-refractivity contribution < 1.29 is 9.53 Å². The maximum atomic E-state index is 12.9. The van der Waals surface area contributed by atoms with Crippen LogP contribution in [-0.4, -0.2) is 26.1 Å². The van der Waals surface area contributed by atoms with Crippen LogP contribution in [0.25, 0.3) is 0 Å². The second kappa shape index (κ2) is 7.29. The Morgan fingerprint density at radius 1 is 1.17 bits per heavy atom. The van der Waals surface area contributed by atoms with E-state index < -0.39 is 0 Å². The molecule has 4 nitrogen and oxygen atoms in total. The molecular weight excluding hydrogens is 288 g/mol. The molecule has 0 fully saturated rings. The molecule has 1 aliphatic rings. The highest BCUT2D eigenvalue weighted by Crippen LogP contribution is 2.31. The summed E-state index contributed by atoms with van der Waals surface area (Å²) in [7, 11) is 1.89. The number of anilines is 1. The summed E-state index contributed by atoms with van der Waals surface area (Å²) in [5, 5.41) is 3.25. The van der Waals surface area contributed by atoms with Gasteiger partial charge in [0.1, 0.15) is 5.75 Å². The molecule has 0 aromatic heterocycles. The van der Waals surface area contributed by atoms with Crippen LogP contribution in [0.1, 0.15) is 24.4 Å². The zero-order valence-electron chi connectivity index (χ0n) is 13.4. The Morgan fingerprint density at radius 2 is 1.91 bits per heavy atom. The van der Waals surface area contributed by atoms with Gasteiger partial charge in [0.2, 0.25) is 5.91 Å². The van der Waals surface area contributed by atoms with Crippen molar-refractivity contribution in [2.75, 3.05) is 25.1 Å². The number of hydrogen-bond donors (Lipinski definition) is 1. The molecule has 1 aliphatic heterocycles. The summed E-state index contributed by atoms with van der Waals surface area (Å²) in [6.07, 6.45) is 1.27. The zero-order chi connectivity index (χ0) is 16.1. The molecule has 0 saturated heterocycles. The smallest absolute Gasteiger partial charge is 0.229 e. The van der Waals surface area contributed by atoms with Crippen LogP contribution < -0.4 is 15.0 Å². The molecule has 4 heteroatoms. The first-order valence-electron chi connectivity index (χ1n) is 8.04. The van der Waals surface area contributed by atoms with Gasteiger partial charge in [-0.25, -0.2) is 0 Å². The topological polar surface area (TPSA) is 41.6 Å². The zero-order valence-corrected chi connectivity index (χ0v) is 13.4. The number of amides is 1. The van der Waals surface area contributed by atoms with Crippen LogP contribution in [0, 0.1) is 0 Å². The quantitative estimate of drug-likeness (QED) is 0.943. The molecule has 2 aromatic rings. The van der Waals surface area contributed by atoms with E-state index in [2.05, 4.69) is 5.32 Å². The van der Waals surface area contributed by atoms with Gasteiger partial charge in [-0.3, -0.25) is 4.79 Å². The number of nitrogens with one attached hydrogen (secondary N) is 1. The minimum atomic E-state index is 0.0139. The van der Waals surface area contributed by atoms with E-state index in [1.165, 1.54) is 0 Å². The molecule has 1 amide bonds. The minimum Gasteiger partial charge on any atom is -0.491 e. The molecule has 0 bridgehead atoms. The fourth-order valence-electron chi connectivity index (χ4n) is 2.94. The number of carbonyl (C=O) groups is 1. The number of rotatable bonds is 4. The molecule has 0 radical (unpaired) electrons. The monoisotopic (exact) mass is 310 g/mol. The molecule has 2 aromatic carbocycles. The predicted molar refractivity (Wildman–Crippen MR) is 91.8 cm³/mol. The summed E-state index contributed by atoms with van der Waals surface area (Å²) in [4.78, 5) is 14.7. The second-order valence-corrected chi connectivity index (χ2v) is 5.67. The van der Waals surface area contributed by atoms with E-state index >= 15 is 0 Å². The van der Waals surface area contributed by atoms with Crippen LogP contribution in [0.2, 0.25) is 0 Å². The van der Waals surface area contributed by atoms with Crippen molar-refractivity contribution in [1.29, 1.82) is 0 Å². The minimum absolute atomic E-state index is 0.0139. The van der Waals surface area contributed by atoms with E-state index in [4.69, 9.17) is 4.74 Å². The largest absolute Gasteiger partial charge is 0.491 e. The third kappa shape index (κ3) is 3.54. The van der Waals surface area contributed by atoms with Gasteiger partial charge in [-0.05, 0) is 31.2 Å². The average Bonchev–Trinajstić information content (AvgIpc) is 2.83. The Balaban J connectivity index is 1.80. The van der Waals surface area contributed by atoms with Gasteiger partial charge >= 0.3 is 0 Å². The van der Waals surface area contributed by atoms with Crippen LogP contribution >= 0.6 is 0 Å². The number of ether oxygens (including phenoxy) is 1. The van der Waals surface area contributed by atoms with Gasteiger partial charge < -0.3 is 15.0 Å². The Hall–Kier alpha value is -2.33. The highest BCUT2D eigenvalue weighted by Gasteiger charge is 2.24. The van der Waals surface area contributed by atoms with E-state index in [9.17, 15) is 4.79 Å². The fraction of sp³-hybridized carbons (Fsp3) is 0.316. The number of hydrogen-bond acceptors (Lipinski definition) is 3. The van der Waals surface area contributed by atoms with Gasteiger partial charge in [0, 0.05) is 19.0 Å². The van der Waals surface area contributed by atoms with Crippen molar-refractivity contribution >= 4 is 11.6 Å². The van der Waals surface area contributed by atoms with Gasteiger partial charge in [-0.15, -0.1) is 0 Å². The normalized spacial score (nSPS) is 15.3. The summed E-state index contributed by atoms with van der Waals surface area (Å²) >= 11 is 0. The fourth-order valence-corrected chi connectivity index (χ4v) is 2.94. The molecule has 3 rings (SSSR count). The molecule has 120 valence electrons. The van der Waals surface area contributed by atoms with Crippen molar-refractivity contribution in [3.05, 3.63) is 60.2 Å². The first-order valence-corrected chi connectivity index (χ1v) is 8.04. The van der Waals surface area contributed by atoms with Crippen molar-refractivity contribution in [2.24, 2.45) is 0 Å². The van der Waals surface area contributed by atoms with E-state index in [1.807, 2.05) is 66.5 Å². The molecule has 1 atom stereocenters. The van der Waals surface area contributed by atoms with E-state index in [0.29, 0.717) is 19.6 Å². The molecule has 1 N–H and O–H groups in total. The SMILES string of the molecule is CN[C@@H](CC(=O)N1CCCOc2ccccc21)c1ccccc1. The summed E-state index contributed by atoms with van der Waals surface area (Å²) in [5.41, 5.74) is 2.00. The maximum Gasteiger partial charge on any atom is 0.229 e. The van der Waals surface area contributed by atoms with Gasteiger partial charge in [0.05, 0.1) is 12.3 Å². The molecule has 0 unspecified atom stereocenters. The third-order valence-electron chi connectivity index (χ3n) is 4.17. The number of carbonyl (C=O) groups excluding carboxylic acids is 1. The molecule has 0 saturated carbocycles. The van der Waals surface area contributed by atoms with E-state index in [0.717, 1.165) is 23.4 Å². The molecular formula is C19H22N2O2. The summed E-state index contributed by atoms with van der Waals surface area (Å²) < 4.78 is 5.74. The number of benzene rings is 2. The van der Waals surface area contributed by atoms with Crippen molar-refractivity contribution in [1.82, 2.24) is 5.32 Å². The second-order valence-electron chi connectivity index (χ2n) is 5.67. The van der Waals surface area contributed by atoms with Crippen molar-refractivity contribution in [3.8, 4) is 5.75 Å². The van der Waals surface area contributed by atoms with Gasteiger partial charge in [0.25, 0.3) is 0 Å². The summed E-state index contributed by atoms with van der Waals surface area (Å²) in [6.45, 7) is 1.34. The van der Waals surface area contributed by atoms with E-state index in [1.54, 1.807) is 0 Å². The lowest BCUT2D eigenvalue weighted by molar-refractivity contribution is -0.119. The van der Waals surface area contributed by atoms with Crippen LogP contribution in [0.3, 0.4) is 0 Å².